The van der Waals surface area contributed by atoms with E-state index in [1.54, 1.807) is 13.8 Å². The molecule has 0 saturated heterocycles. The second kappa shape index (κ2) is 12.5. The number of carbonyl (C=O) groups excluding carboxylic acids is 2. The van der Waals surface area contributed by atoms with Crippen molar-refractivity contribution < 1.29 is 14.0 Å². The third-order valence-electron chi connectivity index (χ3n) is 6.52. The number of furan rings is 1. The summed E-state index contributed by atoms with van der Waals surface area (Å²) >= 11 is 0. The summed E-state index contributed by atoms with van der Waals surface area (Å²) in [6.07, 6.45) is 0. The standard InChI is InChI=1S/C34H28N4O3/c1-23(25-13-17-29(18-14-25)27-9-5-3-6-10-27)35-37-33(39)31-21-22-32(41-31)34(40)38-36-24(2)26-15-19-30(20-16-26)28-11-7-4-8-12-28/h3-22H,1-2H3,(H,37,39)(H,38,40)/b35-23+,36-24+. The predicted molar refractivity (Wildman–Crippen MR) is 162 cm³/mol. The topological polar surface area (TPSA) is 96.1 Å². The monoisotopic (exact) mass is 540 g/mol. The summed E-state index contributed by atoms with van der Waals surface area (Å²) in [6.45, 7) is 3.60. The molecule has 5 rings (SSSR count). The van der Waals surface area contributed by atoms with Gasteiger partial charge in [0.2, 0.25) is 0 Å². The Labute approximate surface area is 238 Å². The number of hydrogen-bond donors (Lipinski definition) is 2. The van der Waals surface area contributed by atoms with Gasteiger partial charge >= 0.3 is 11.8 Å². The third kappa shape index (κ3) is 6.72. The lowest BCUT2D eigenvalue weighted by atomic mass is 10.0. The molecule has 0 unspecified atom stereocenters. The summed E-state index contributed by atoms with van der Waals surface area (Å²) < 4.78 is 5.45. The van der Waals surface area contributed by atoms with E-state index in [-0.39, 0.29) is 11.5 Å². The molecule has 0 fully saturated rings. The number of nitrogens with one attached hydrogen (secondary N) is 2. The highest BCUT2D eigenvalue weighted by atomic mass is 16.4. The van der Waals surface area contributed by atoms with Crippen molar-refractivity contribution in [1.82, 2.24) is 10.9 Å². The Morgan fingerprint density at radius 1 is 0.488 bits per heavy atom. The number of benzene rings is 4. The first-order valence-electron chi connectivity index (χ1n) is 13.1. The van der Waals surface area contributed by atoms with E-state index in [4.69, 9.17) is 4.42 Å². The van der Waals surface area contributed by atoms with E-state index in [1.807, 2.05) is 109 Å². The van der Waals surface area contributed by atoms with E-state index in [1.165, 1.54) is 12.1 Å². The van der Waals surface area contributed by atoms with E-state index in [9.17, 15) is 9.59 Å². The summed E-state index contributed by atoms with van der Waals surface area (Å²) in [6, 6.07) is 38.8. The maximum Gasteiger partial charge on any atom is 0.307 e. The Hall–Kier alpha value is -5.56. The zero-order valence-electron chi connectivity index (χ0n) is 22.7. The zero-order chi connectivity index (χ0) is 28.6. The van der Waals surface area contributed by atoms with E-state index < -0.39 is 11.8 Å². The van der Waals surface area contributed by atoms with Crippen LogP contribution in [0, 0.1) is 0 Å². The zero-order valence-corrected chi connectivity index (χ0v) is 22.7. The van der Waals surface area contributed by atoms with Gasteiger partial charge in [-0.2, -0.15) is 10.2 Å². The van der Waals surface area contributed by atoms with Crippen molar-refractivity contribution in [3.05, 3.63) is 144 Å². The van der Waals surface area contributed by atoms with Crippen LogP contribution >= 0.6 is 0 Å². The average molecular weight is 541 g/mol. The molecule has 0 bridgehead atoms. The fraction of sp³-hybridized carbons (Fsp3) is 0.0588. The molecule has 202 valence electrons. The summed E-state index contributed by atoms with van der Waals surface area (Å²) in [4.78, 5) is 25.1. The predicted octanol–water partition coefficient (Wildman–Crippen LogP) is 6.92. The Bertz CT molecular complexity index is 1580. The van der Waals surface area contributed by atoms with Gasteiger partial charge < -0.3 is 4.42 Å². The molecule has 1 aromatic heterocycles. The first-order valence-corrected chi connectivity index (χ1v) is 13.1. The fourth-order valence-corrected chi connectivity index (χ4v) is 4.16. The molecule has 5 aromatic rings. The molecule has 2 amide bonds. The third-order valence-corrected chi connectivity index (χ3v) is 6.52. The average Bonchev–Trinajstić information content (AvgIpc) is 3.54. The van der Waals surface area contributed by atoms with Gasteiger partial charge in [0.1, 0.15) is 0 Å². The van der Waals surface area contributed by atoms with Crippen LogP contribution in [0.2, 0.25) is 0 Å². The molecule has 4 aromatic carbocycles. The minimum atomic E-state index is -0.567. The van der Waals surface area contributed by atoms with Gasteiger partial charge in [0.05, 0.1) is 11.4 Å². The summed E-state index contributed by atoms with van der Waals surface area (Å²) in [5.41, 5.74) is 12.4. The molecule has 7 nitrogen and oxygen atoms in total. The molecule has 41 heavy (non-hydrogen) atoms. The quantitative estimate of drug-likeness (QED) is 0.165. The van der Waals surface area contributed by atoms with Crippen molar-refractivity contribution in [3.63, 3.8) is 0 Å². The second-order valence-electron chi connectivity index (χ2n) is 9.33. The number of rotatable bonds is 8. The Morgan fingerprint density at radius 2 is 0.829 bits per heavy atom. The van der Waals surface area contributed by atoms with Crippen LogP contribution in [0.4, 0.5) is 0 Å². The lowest BCUT2D eigenvalue weighted by Crippen LogP contribution is -2.20. The molecule has 1 heterocycles. The summed E-state index contributed by atoms with van der Waals surface area (Å²) in [7, 11) is 0. The normalized spacial score (nSPS) is 11.7. The van der Waals surface area contributed by atoms with E-state index in [2.05, 4.69) is 21.1 Å². The molecule has 0 aliphatic carbocycles. The molecule has 0 saturated carbocycles. The smallest absolute Gasteiger partial charge is 0.307 e. The van der Waals surface area contributed by atoms with Crippen molar-refractivity contribution in [3.8, 4) is 22.3 Å². The van der Waals surface area contributed by atoms with Gasteiger partial charge in [-0.3, -0.25) is 9.59 Å². The number of amides is 2. The van der Waals surface area contributed by atoms with Gasteiger partial charge in [-0.15, -0.1) is 0 Å². The van der Waals surface area contributed by atoms with Crippen LogP contribution < -0.4 is 10.9 Å². The highest BCUT2D eigenvalue weighted by Crippen LogP contribution is 2.20. The molecule has 0 radical (unpaired) electrons. The summed E-state index contributed by atoms with van der Waals surface area (Å²) in [5.74, 6) is -1.21. The first kappa shape index (κ1) is 27.0. The van der Waals surface area contributed by atoms with Crippen molar-refractivity contribution in [2.75, 3.05) is 0 Å². The maximum atomic E-state index is 12.6. The number of hydrogen-bond acceptors (Lipinski definition) is 5. The Kier molecular flexibility index (Phi) is 8.26. The van der Waals surface area contributed by atoms with Gasteiger partial charge in [-0.05, 0) is 59.4 Å². The first-order chi connectivity index (χ1) is 20.0. The second-order valence-corrected chi connectivity index (χ2v) is 9.33. The van der Waals surface area contributed by atoms with E-state index >= 15 is 0 Å². The van der Waals surface area contributed by atoms with Crippen molar-refractivity contribution in [2.45, 2.75) is 13.8 Å². The van der Waals surface area contributed by atoms with Crippen molar-refractivity contribution in [2.24, 2.45) is 10.2 Å². The fourth-order valence-electron chi connectivity index (χ4n) is 4.16. The molecule has 2 N–H and O–H groups in total. The highest BCUT2D eigenvalue weighted by molar-refractivity contribution is 6.02. The van der Waals surface area contributed by atoms with Gasteiger partial charge in [-0.1, -0.05) is 109 Å². The largest absolute Gasteiger partial charge is 0.446 e. The van der Waals surface area contributed by atoms with Gasteiger partial charge in [0.15, 0.2) is 11.5 Å². The minimum Gasteiger partial charge on any atom is -0.446 e. The van der Waals surface area contributed by atoms with Crippen LogP contribution in [0.5, 0.6) is 0 Å². The molecule has 0 atom stereocenters. The number of nitrogens with zero attached hydrogens (tertiary/aromatic N) is 2. The van der Waals surface area contributed by atoms with Gasteiger partial charge in [-0.25, -0.2) is 10.9 Å². The van der Waals surface area contributed by atoms with Crippen LogP contribution in [-0.2, 0) is 0 Å². The molecule has 0 aliphatic rings. The molecular formula is C34H28N4O3. The van der Waals surface area contributed by atoms with Crippen LogP contribution in [-0.4, -0.2) is 23.2 Å². The Morgan fingerprint density at radius 3 is 1.20 bits per heavy atom. The van der Waals surface area contributed by atoms with Crippen LogP contribution in [0.25, 0.3) is 22.3 Å². The van der Waals surface area contributed by atoms with Gasteiger partial charge in [0, 0.05) is 0 Å². The number of carbonyl (C=O) groups is 2. The van der Waals surface area contributed by atoms with Gasteiger partial charge in [0.25, 0.3) is 0 Å². The molecule has 7 heteroatoms. The van der Waals surface area contributed by atoms with Crippen LogP contribution in [0.1, 0.15) is 46.1 Å². The molecule has 0 aliphatic heterocycles. The van der Waals surface area contributed by atoms with Crippen LogP contribution in [0.3, 0.4) is 0 Å². The van der Waals surface area contributed by atoms with E-state index in [0.29, 0.717) is 11.4 Å². The SMILES string of the molecule is C/C(=N\NC(=O)c1ccc(C(=O)N/N=C(\C)c2ccc(-c3ccccc3)cc2)o1)c1ccc(-c2ccccc2)cc1. The minimum absolute atomic E-state index is 0.0386. The lowest BCUT2D eigenvalue weighted by Gasteiger charge is -2.05. The molecular weight excluding hydrogens is 512 g/mol. The lowest BCUT2D eigenvalue weighted by molar-refractivity contribution is 0.0902. The van der Waals surface area contributed by atoms with Crippen LogP contribution in [0.15, 0.2) is 136 Å². The highest BCUT2D eigenvalue weighted by Gasteiger charge is 2.16. The van der Waals surface area contributed by atoms with Crippen molar-refractivity contribution in [1.29, 1.82) is 0 Å². The number of hydrazone groups is 2. The Balaban J connectivity index is 1.16. The van der Waals surface area contributed by atoms with E-state index in [0.717, 1.165) is 33.4 Å². The summed E-state index contributed by atoms with van der Waals surface area (Å²) in [5, 5.41) is 8.36. The maximum absolute atomic E-state index is 12.6. The van der Waals surface area contributed by atoms with Crippen molar-refractivity contribution >= 4 is 23.2 Å². The molecule has 0 spiro atoms.